The Hall–Kier alpha value is -2.76. The first kappa shape index (κ1) is 30.7. The van der Waals surface area contributed by atoms with Gasteiger partial charge in [0, 0.05) is 12.3 Å². The first-order chi connectivity index (χ1) is 20.0. The number of aromatic nitrogens is 3. The molecule has 2 amide bonds. The molecule has 228 valence electrons. The van der Waals surface area contributed by atoms with Crippen molar-refractivity contribution in [2.45, 2.75) is 104 Å². The minimum absolute atomic E-state index is 0.00578. The first-order valence-corrected chi connectivity index (χ1v) is 15.6. The van der Waals surface area contributed by atoms with E-state index in [1.54, 1.807) is 4.68 Å². The predicted molar refractivity (Wildman–Crippen MR) is 161 cm³/mol. The van der Waals surface area contributed by atoms with Crippen LogP contribution in [0.15, 0.2) is 30.3 Å². The fraction of sp³-hybridized carbons (Fsp3) is 0.677. The fourth-order valence-electron chi connectivity index (χ4n) is 7.15. The molecule has 0 spiro atoms. The van der Waals surface area contributed by atoms with Gasteiger partial charge >= 0.3 is 7.12 Å². The molecule has 1 aromatic carbocycles. The van der Waals surface area contributed by atoms with E-state index < -0.39 is 7.12 Å². The number of hydrogen-bond donors (Lipinski definition) is 3. The number of carbonyl (C=O) groups is 2. The molecule has 3 aliphatic carbocycles. The molecule has 0 radical (unpaired) electrons. The predicted octanol–water partition coefficient (Wildman–Crippen LogP) is 3.02. The number of rotatable bonds is 13. The highest BCUT2D eigenvalue weighted by Crippen LogP contribution is 2.65. The van der Waals surface area contributed by atoms with E-state index in [1.165, 1.54) is 6.42 Å². The van der Waals surface area contributed by atoms with Gasteiger partial charge in [-0.1, -0.05) is 64.4 Å². The summed E-state index contributed by atoms with van der Waals surface area (Å²) in [4.78, 5) is 30.4. The van der Waals surface area contributed by atoms with Crippen molar-refractivity contribution in [3.63, 3.8) is 0 Å². The highest BCUT2D eigenvalue weighted by atomic mass is 16.7. The molecule has 5 atom stereocenters. The molecule has 0 unspecified atom stereocenters. The van der Waals surface area contributed by atoms with E-state index in [9.17, 15) is 9.59 Å². The summed E-state index contributed by atoms with van der Waals surface area (Å²) in [5, 5.41) is 10.7. The number of benzene rings is 1. The van der Waals surface area contributed by atoms with Crippen molar-refractivity contribution < 1.29 is 18.9 Å². The maximum Gasteiger partial charge on any atom is 0.481 e. The summed E-state index contributed by atoms with van der Waals surface area (Å²) in [6, 6.07) is 9.96. The highest BCUT2D eigenvalue weighted by Gasteiger charge is 2.68. The zero-order valence-corrected chi connectivity index (χ0v) is 25.8. The van der Waals surface area contributed by atoms with Crippen molar-refractivity contribution in [1.29, 1.82) is 0 Å². The molecule has 6 rings (SSSR count). The Morgan fingerprint density at radius 3 is 2.62 bits per heavy atom. The summed E-state index contributed by atoms with van der Waals surface area (Å²) in [5.74, 6) is 1.57. The number of carbonyl (C=O) groups excluding carboxylic acids is 2. The van der Waals surface area contributed by atoms with Gasteiger partial charge in [-0.3, -0.25) is 9.59 Å². The Morgan fingerprint density at radius 2 is 1.93 bits per heavy atom. The second-order valence-electron chi connectivity index (χ2n) is 13.4. The Bertz CT molecular complexity index is 1250. The Labute approximate surface area is 250 Å². The van der Waals surface area contributed by atoms with Crippen LogP contribution >= 0.6 is 0 Å². The molecular formula is C31H47BN6O4. The summed E-state index contributed by atoms with van der Waals surface area (Å²) in [5.41, 5.74) is 6.76. The van der Waals surface area contributed by atoms with Crippen LogP contribution in [0.25, 0.3) is 0 Å². The van der Waals surface area contributed by atoms with Crippen molar-refractivity contribution in [3.8, 4) is 0 Å². The standard InChI is InChI=1S/C31H47BN6O4/c1-20(2)29(40)34-18-26-36-27(15-21-11-7-6-8-12-21)38(37-26)19-28(39)35-25(13-9-10-14-33)32-41-24-17-22-16-23(30(22,3)4)31(24,5)42-32/h6-8,11-12,20,22-25H,9-10,13-19,33H2,1-5H3,(H,34,40)(H,35,39)/t22-,23-,24+,25-,31-/m0/s1. The molecule has 2 aromatic rings. The molecular weight excluding hydrogens is 531 g/mol. The van der Waals surface area contributed by atoms with E-state index in [4.69, 9.17) is 15.0 Å². The van der Waals surface area contributed by atoms with Gasteiger partial charge in [0.1, 0.15) is 12.4 Å². The van der Waals surface area contributed by atoms with Crippen LogP contribution in [0.5, 0.6) is 0 Å². The molecule has 2 heterocycles. The van der Waals surface area contributed by atoms with Crippen LogP contribution in [0.2, 0.25) is 0 Å². The van der Waals surface area contributed by atoms with Crippen LogP contribution in [0, 0.1) is 23.2 Å². The largest absolute Gasteiger partial charge is 0.481 e. The van der Waals surface area contributed by atoms with Gasteiger partial charge in [-0.15, -0.1) is 0 Å². The monoisotopic (exact) mass is 578 g/mol. The van der Waals surface area contributed by atoms with Gasteiger partial charge in [0.2, 0.25) is 11.8 Å². The summed E-state index contributed by atoms with van der Waals surface area (Å²) in [7, 11) is -0.502. The summed E-state index contributed by atoms with van der Waals surface area (Å²) < 4.78 is 14.9. The van der Waals surface area contributed by atoms with Gasteiger partial charge in [0.15, 0.2) is 5.82 Å². The Kier molecular flexibility index (Phi) is 9.11. The lowest BCUT2D eigenvalue weighted by Gasteiger charge is -2.64. The van der Waals surface area contributed by atoms with E-state index in [0.717, 1.165) is 24.8 Å². The van der Waals surface area contributed by atoms with E-state index in [-0.39, 0.29) is 53.9 Å². The molecule has 2 bridgehead atoms. The quantitative estimate of drug-likeness (QED) is 0.246. The van der Waals surface area contributed by atoms with Crippen LogP contribution < -0.4 is 16.4 Å². The average Bonchev–Trinajstić information content (AvgIpc) is 3.50. The number of nitrogens with one attached hydrogen (secondary N) is 2. The SMILES string of the molecule is CC(C)C(=O)NCc1nc(Cc2ccccc2)n(CC(=O)N[C@@H](CCCCN)B2O[C@@H]3C[C@@H]4C[C@@H](C4(C)C)[C@]3(C)O2)n1. The zero-order chi connectivity index (χ0) is 30.1. The van der Waals surface area contributed by atoms with Crippen LogP contribution in [-0.2, 0) is 38.4 Å². The van der Waals surface area contributed by atoms with E-state index in [0.29, 0.717) is 42.9 Å². The van der Waals surface area contributed by atoms with Crippen molar-refractivity contribution in [2.75, 3.05) is 6.54 Å². The van der Waals surface area contributed by atoms with Gasteiger partial charge in [-0.05, 0) is 62.0 Å². The molecule has 4 N–H and O–H groups in total. The molecule has 1 aliphatic heterocycles. The summed E-state index contributed by atoms with van der Waals surface area (Å²) >= 11 is 0. The van der Waals surface area contributed by atoms with Crippen molar-refractivity contribution >= 4 is 18.9 Å². The second kappa shape index (κ2) is 12.5. The molecule has 4 aliphatic rings. The van der Waals surface area contributed by atoms with E-state index in [1.807, 2.05) is 44.2 Å². The van der Waals surface area contributed by atoms with Crippen LogP contribution in [0.4, 0.5) is 0 Å². The third-order valence-corrected chi connectivity index (χ3v) is 9.85. The lowest BCUT2D eigenvalue weighted by molar-refractivity contribution is -0.199. The van der Waals surface area contributed by atoms with Gasteiger partial charge in [-0.2, -0.15) is 5.10 Å². The van der Waals surface area contributed by atoms with Gasteiger partial charge < -0.3 is 25.7 Å². The molecule has 42 heavy (non-hydrogen) atoms. The molecule has 1 aromatic heterocycles. The van der Waals surface area contributed by atoms with E-state index in [2.05, 4.69) is 41.5 Å². The molecule has 1 saturated heterocycles. The zero-order valence-electron chi connectivity index (χ0n) is 25.8. The third-order valence-electron chi connectivity index (χ3n) is 9.85. The third kappa shape index (κ3) is 6.28. The Balaban J connectivity index is 1.29. The van der Waals surface area contributed by atoms with Crippen LogP contribution in [0.3, 0.4) is 0 Å². The fourth-order valence-corrected chi connectivity index (χ4v) is 7.15. The van der Waals surface area contributed by atoms with Crippen molar-refractivity contribution in [2.24, 2.45) is 28.9 Å². The topological polar surface area (TPSA) is 133 Å². The first-order valence-electron chi connectivity index (χ1n) is 15.6. The lowest BCUT2D eigenvalue weighted by atomic mass is 9.43. The maximum absolute atomic E-state index is 13.5. The number of unbranched alkanes of at least 4 members (excludes halogenated alkanes) is 1. The van der Waals surface area contributed by atoms with Crippen molar-refractivity contribution in [1.82, 2.24) is 25.4 Å². The number of hydrogen-bond acceptors (Lipinski definition) is 7. The molecule has 4 fully saturated rings. The van der Waals surface area contributed by atoms with Gasteiger partial charge in [-0.25, -0.2) is 9.67 Å². The molecule has 3 saturated carbocycles. The van der Waals surface area contributed by atoms with Gasteiger partial charge in [0.05, 0.1) is 24.2 Å². The minimum atomic E-state index is -0.502. The number of nitrogens with zero attached hydrogens (tertiary/aromatic N) is 3. The normalized spacial score (nSPS) is 26.5. The second-order valence-corrected chi connectivity index (χ2v) is 13.4. The summed E-state index contributed by atoms with van der Waals surface area (Å²) in [6.45, 7) is 11.4. The van der Waals surface area contributed by atoms with Gasteiger partial charge in [0.25, 0.3) is 0 Å². The van der Waals surface area contributed by atoms with Crippen molar-refractivity contribution in [3.05, 3.63) is 47.5 Å². The minimum Gasteiger partial charge on any atom is -0.404 e. The smallest absolute Gasteiger partial charge is 0.404 e. The molecule has 11 heteroatoms. The number of amides is 2. The van der Waals surface area contributed by atoms with Crippen LogP contribution in [0.1, 0.15) is 83.9 Å². The number of nitrogens with two attached hydrogens (primary N) is 1. The average molecular weight is 579 g/mol. The Morgan fingerprint density at radius 1 is 1.17 bits per heavy atom. The molecule has 10 nitrogen and oxygen atoms in total. The summed E-state index contributed by atoms with van der Waals surface area (Å²) in [6.07, 6.45) is 5.19. The lowest BCUT2D eigenvalue weighted by Crippen LogP contribution is -2.65. The maximum atomic E-state index is 13.5. The van der Waals surface area contributed by atoms with Crippen LogP contribution in [-0.4, -0.2) is 57.9 Å². The van der Waals surface area contributed by atoms with E-state index >= 15 is 0 Å². The highest BCUT2D eigenvalue weighted by molar-refractivity contribution is 6.47.